The molecular formula is C63H82N10O8. The number of amides is 8. The summed E-state index contributed by atoms with van der Waals surface area (Å²) in [5, 5.41) is 21.4. The van der Waals surface area contributed by atoms with Gasteiger partial charge in [0.25, 0.3) is 5.91 Å². The SMILES string of the molecule is CN[C@@H](C)C(=O)N[C@H](C(=O)N1Cc2ccc(-c3cc(C(=O)N[C@H]4C[C@@H](C(=O)N[C@@H]5CCCc6ccccc65)N(C(=O)[C@@H](NC(=O)[C@H](C)NC)C(C)(C)C)C4)ccc3C(N)=O)cc2C[C@H]1C(=O)N[C@@H]1CCCc2ccccc21)C(C)(C)C. The van der Waals surface area contributed by atoms with Crippen molar-refractivity contribution in [2.45, 2.75) is 168 Å². The fourth-order valence-corrected chi connectivity index (χ4v) is 11.8. The molecule has 2 aliphatic heterocycles. The molecule has 432 valence electrons. The van der Waals surface area contributed by atoms with Gasteiger partial charge in [-0.1, -0.05) is 108 Å². The third kappa shape index (κ3) is 13.3. The number of carbonyl (C=O) groups excluding carboxylic acids is 8. The van der Waals surface area contributed by atoms with Crippen LogP contribution < -0.4 is 43.0 Å². The van der Waals surface area contributed by atoms with E-state index in [-0.39, 0.29) is 72.8 Å². The molecule has 0 aromatic heterocycles. The van der Waals surface area contributed by atoms with Crippen LogP contribution in [0.5, 0.6) is 0 Å². The molecule has 18 nitrogen and oxygen atoms in total. The Kier molecular flexibility index (Phi) is 18.2. The molecule has 18 heteroatoms. The number of primary amides is 1. The van der Waals surface area contributed by atoms with E-state index >= 15 is 0 Å². The number of likely N-dealkylation sites (N-methyl/N-ethyl adjacent to an activating group) is 2. The van der Waals surface area contributed by atoms with Crippen LogP contribution in [0.15, 0.2) is 84.9 Å². The van der Waals surface area contributed by atoms with E-state index in [1.807, 2.05) is 90.1 Å². The minimum atomic E-state index is -1.01. The fourth-order valence-electron chi connectivity index (χ4n) is 11.8. The molecule has 0 unspecified atom stereocenters. The van der Waals surface area contributed by atoms with Gasteiger partial charge >= 0.3 is 0 Å². The highest BCUT2D eigenvalue weighted by Gasteiger charge is 2.47. The van der Waals surface area contributed by atoms with Crippen LogP contribution in [0.3, 0.4) is 0 Å². The van der Waals surface area contributed by atoms with Gasteiger partial charge in [0.15, 0.2) is 0 Å². The topological polar surface area (TPSA) is 253 Å². The zero-order chi connectivity index (χ0) is 58.7. The molecule has 8 rings (SSSR count). The smallest absolute Gasteiger partial charge is 0.251 e. The van der Waals surface area contributed by atoms with E-state index in [4.69, 9.17) is 5.73 Å². The van der Waals surface area contributed by atoms with Crippen LogP contribution in [0.4, 0.5) is 0 Å². The van der Waals surface area contributed by atoms with Gasteiger partial charge in [-0.05, 0) is 146 Å². The summed E-state index contributed by atoms with van der Waals surface area (Å²) < 4.78 is 0. The lowest BCUT2D eigenvalue weighted by Gasteiger charge is -2.42. The standard InChI is InChI=1S/C63H82N10O8/c1-35(65-9)55(75)70-52(62(3,4)5)60(80)72-33-41-26-25-39(29-42(41)31-50(72)58(78)68-48-23-15-19-37-17-11-13-21-44(37)48)47-30-40(27-28-46(47)54(64)74)57(77)67-43-32-51(59(79)69-49-24-16-20-38-18-12-14-22-45(38)49)73(34-43)61(81)53(63(6,7)8)71-56(76)36(2)66-10/h11-14,17-18,21-22,25-30,35-36,43,48-53,65-66H,15-16,19-20,23-24,31-34H2,1-10H3,(H2,64,74)(H,67,77)(H,68,78)(H,69,79)(H,70,75)(H,71,76)/t35-,36-,43-,48+,49+,50-,51-,52+,53+/m0/s1. The first kappa shape index (κ1) is 59.7. The number of rotatable bonds is 16. The molecule has 9 atom stereocenters. The number of aryl methyl sites for hydroxylation is 2. The number of hydrogen-bond donors (Lipinski definition) is 8. The minimum Gasteiger partial charge on any atom is -0.366 e. The van der Waals surface area contributed by atoms with Crippen LogP contribution in [-0.2, 0) is 54.6 Å². The molecule has 0 spiro atoms. The van der Waals surface area contributed by atoms with Gasteiger partial charge in [-0.2, -0.15) is 0 Å². The first-order chi connectivity index (χ1) is 38.4. The van der Waals surface area contributed by atoms with E-state index < -0.39 is 76.8 Å². The van der Waals surface area contributed by atoms with Crippen molar-refractivity contribution in [1.82, 2.24) is 47.0 Å². The summed E-state index contributed by atoms with van der Waals surface area (Å²) in [5.74, 6) is -3.54. The lowest BCUT2D eigenvalue weighted by Crippen LogP contribution is -2.62. The normalized spacial score (nSPS) is 21.1. The van der Waals surface area contributed by atoms with Gasteiger partial charge in [-0.3, -0.25) is 38.4 Å². The Hall–Kier alpha value is -7.44. The Balaban J connectivity index is 1.09. The Morgan fingerprint density at radius 1 is 0.593 bits per heavy atom. The first-order valence-electron chi connectivity index (χ1n) is 28.6. The van der Waals surface area contributed by atoms with Gasteiger partial charge in [0.2, 0.25) is 41.4 Å². The molecule has 4 aromatic rings. The molecule has 81 heavy (non-hydrogen) atoms. The third-order valence-corrected chi connectivity index (χ3v) is 16.8. The second-order valence-electron chi connectivity index (χ2n) is 24.6. The second-order valence-corrected chi connectivity index (χ2v) is 24.6. The molecule has 2 aliphatic carbocycles. The van der Waals surface area contributed by atoms with E-state index in [2.05, 4.69) is 49.4 Å². The number of benzene rings is 4. The number of fused-ring (bicyclic) bond motifs is 3. The number of nitrogens with two attached hydrogens (primary N) is 1. The van der Waals surface area contributed by atoms with Crippen molar-refractivity contribution >= 4 is 47.3 Å². The van der Waals surface area contributed by atoms with Gasteiger partial charge in [-0.25, -0.2) is 0 Å². The van der Waals surface area contributed by atoms with E-state index in [1.54, 1.807) is 45.0 Å². The molecule has 8 amide bonds. The first-order valence-corrected chi connectivity index (χ1v) is 28.6. The highest BCUT2D eigenvalue weighted by molar-refractivity contribution is 6.04. The van der Waals surface area contributed by atoms with Gasteiger partial charge in [0, 0.05) is 36.7 Å². The highest BCUT2D eigenvalue weighted by Crippen LogP contribution is 2.36. The molecule has 9 N–H and O–H groups in total. The molecule has 0 bridgehead atoms. The molecule has 2 heterocycles. The van der Waals surface area contributed by atoms with Crippen LogP contribution in [-0.4, -0.2) is 120 Å². The molecule has 1 fully saturated rings. The van der Waals surface area contributed by atoms with E-state index in [1.165, 1.54) is 17.0 Å². The van der Waals surface area contributed by atoms with Crippen molar-refractivity contribution < 1.29 is 38.4 Å². The molecule has 0 saturated carbocycles. The van der Waals surface area contributed by atoms with Crippen LogP contribution in [0.2, 0.25) is 0 Å². The van der Waals surface area contributed by atoms with Crippen molar-refractivity contribution in [1.29, 1.82) is 0 Å². The summed E-state index contributed by atoms with van der Waals surface area (Å²) in [5.41, 5.74) is 11.6. The maximum atomic E-state index is 15.0. The van der Waals surface area contributed by atoms with Crippen LogP contribution in [0, 0.1) is 10.8 Å². The van der Waals surface area contributed by atoms with E-state index in [0.717, 1.165) is 71.9 Å². The summed E-state index contributed by atoms with van der Waals surface area (Å²) in [4.78, 5) is 117. The van der Waals surface area contributed by atoms with Gasteiger partial charge in [-0.15, -0.1) is 0 Å². The Labute approximate surface area is 476 Å². The summed E-state index contributed by atoms with van der Waals surface area (Å²) in [6.07, 6.45) is 5.19. The molecule has 4 aliphatic rings. The summed E-state index contributed by atoms with van der Waals surface area (Å²) in [7, 11) is 3.32. The average Bonchev–Trinajstić information content (AvgIpc) is 4.05. The number of nitrogens with zero attached hydrogens (tertiary/aromatic N) is 2. The second kappa shape index (κ2) is 24.7. The predicted octanol–water partition coefficient (Wildman–Crippen LogP) is 5.07. The number of likely N-dealkylation sites (tertiary alicyclic amines) is 1. The summed E-state index contributed by atoms with van der Waals surface area (Å²) in [6.45, 7) is 14.6. The van der Waals surface area contributed by atoms with E-state index in [9.17, 15) is 38.4 Å². The Morgan fingerprint density at radius 2 is 1.11 bits per heavy atom. The quantitative estimate of drug-likeness (QED) is 0.0740. The Bertz CT molecular complexity index is 3070. The van der Waals surface area contributed by atoms with Crippen LogP contribution in [0.25, 0.3) is 11.1 Å². The highest BCUT2D eigenvalue weighted by atomic mass is 16.2. The van der Waals surface area contributed by atoms with Gasteiger partial charge in [0.05, 0.1) is 24.2 Å². The van der Waals surface area contributed by atoms with Crippen LogP contribution >= 0.6 is 0 Å². The van der Waals surface area contributed by atoms with E-state index in [0.29, 0.717) is 11.1 Å². The average molecular weight is 1110 g/mol. The van der Waals surface area contributed by atoms with Crippen molar-refractivity contribution in [2.75, 3.05) is 20.6 Å². The van der Waals surface area contributed by atoms with Crippen molar-refractivity contribution in [3.63, 3.8) is 0 Å². The monoisotopic (exact) mass is 1110 g/mol. The lowest BCUT2D eigenvalue weighted by molar-refractivity contribution is -0.147. The lowest BCUT2D eigenvalue weighted by atomic mass is 9.83. The fraction of sp³-hybridized carbons (Fsp3) is 0.492. The summed E-state index contributed by atoms with van der Waals surface area (Å²) in [6, 6.07) is 19.7. The van der Waals surface area contributed by atoms with Gasteiger partial charge < -0.3 is 52.8 Å². The number of nitrogens with one attached hydrogen (secondary N) is 7. The third-order valence-electron chi connectivity index (χ3n) is 16.8. The van der Waals surface area contributed by atoms with Crippen molar-refractivity contribution in [3.8, 4) is 11.1 Å². The number of hydrogen-bond acceptors (Lipinski definition) is 10. The maximum absolute atomic E-state index is 15.0. The largest absolute Gasteiger partial charge is 0.366 e. The van der Waals surface area contributed by atoms with Crippen molar-refractivity contribution in [2.24, 2.45) is 16.6 Å². The maximum Gasteiger partial charge on any atom is 0.251 e. The Morgan fingerprint density at radius 3 is 1.63 bits per heavy atom. The number of carbonyl (C=O) groups is 8. The zero-order valence-corrected chi connectivity index (χ0v) is 48.6. The molecule has 0 radical (unpaired) electrons. The molecule has 4 aromatic carbocycles. The molecule has 1 saturated heterocycles. The molecular weight excluding hydrogens is 1020 g/mol. The van der Waals surface area contributed by atoms with Gasteiger partial charge in [0.1, 0.15) is 24.2 Å². The summed E-state index contributed by atoms with van der Waals surface area (Å²) >= 11 is 0. The van der Waals surface area contributed by atoms with Crippen LogP contribution in [0.1, 0.15) is 154 Å². The van der Waals surface area contributed by atoms with Crippen molar-refractivity contribution in [3.05, 3.63) is 129 Å². The minimum absolute atomic E-state index is 0.0234. The predicted molar refractivity (Wildman–Crippen MR) is 310 cm³/mol. The zero-order valence-electron chi connectivity index (χ0n) is 48.6.